The quantitative estimate of drug-likeness (QED) is 0.747. The average Bonchev–Trinajstić information content (AvgIpc) is 2.51. The molecule has 0 saturated heterocycles. The molecule has 0 amide bonds. The fourth-order valence-corrected chi connectivity index (χ4v) is 1.74. The number of thiazole rings is 1. The van der Waals surface area contributed by atoms with Crippen molar-refractivity contribution in [3.05, 3.63) is 16.1 Å². The summed E-state index contributed by atoms with van der Waals surface area (Å²) in [5, 5.41) is 9.87. The van der Waals surface area contributed by atoms with Crippen molar-refractivity contribution < 1.29 is 5.11 Å². The molecule has 0 bridgehead atoms. The SMILES string of the molecule is CC(C)c1ncc([C@H](N)CO)s1. The molecule has 0 radical (unpaired) electrons. The molecule has 1 heterocycles. The molecule has 3 nitrogen and oxygen atoms in total. The second kappa shape index (κ2) is 3.98. The van der Waals surface area contributed by atoms with Crippen LogP contribution >= 0.6 is 11.3 Å². The molecule has 3 N–H and O–H groups in total. The van der Waals surface area contributed by atoms with Gasteiger partial charge in [-0.15, -0.1) is 11.3 Å². The van der Waals surface area contributed by atoms with Crippen LogP contribution < -0.4 is 5.73 Å². The Balaban J connectivity index is 2.77. The van der Waals surface area contributed by atoms with Crippen LogP contribution in [0.4, 0.5) is 0 Å². The molecule has 0 unspecified atom stereocenters. The van der Waals surface area contributed by atoms with E-state index in [1.807, 2.05) is 0 Å². The molecule has 1 rings (SSSR count). The Morgan fingerprint density at radius 2 is 2.33 bits per heavy atom. The summed E-state index contributed by atoms with van der Waals surface area (Å²) in [6.07, 6.45) is 1.75. The van der Waals surface area contributed by atoms with Crippen molar-refractivity contribution >= 4 is 11.3 Å². The maximum Gasteiger partial charge on any atom is 0.0953 e. The van der Waals surface area contributed by atoms with Crippen LogP contribution in [0.3, 0.4) is 0 Å². The van der Waals surface area contributed by atoms with Crippen molar-refractivity contribution in [2.24, 2.45) is 5.73 Å². The van der Waals surface area contributed by atoms with E-state index in [9.17, 15) is 0 Å². The smallest absolute Gasteiger partial charge is 0.0953 e. The minimum absolute atomic E-state index is 0.0142. The minimum atomic E-state index is -0.269. The van der Waals surface area contributed by atoms with E-state index >= 15 is 0 Å². The predicted octanol–water partition coefficient (Wildman–Crippen LogP) is 1.26. The van der Waals surface area contributed by atoms with Crippen molar-refractivity contribution in [1.29, 1.82) is 0 Å². The monoisotopic (exact) mass is 186 g/mol. The summed E-state index contributed by atoms with van der Waals surface area (Å²) in [5.41, 5.74) is 5.63. The lowest BCUT2D eigenvalue weighted by Gasteiger charge is -2.02. The molecule has 0 aliphatic rings. The molecule has 0 aliphatic heterocycles. The first-order valence-corrected chi connectivity index (χ1v) is 4.79. The zero-order chi connectivity index (χ0) is 9.14. The Morgan fingerprint density at radius 3 is 2.75 bits per heavy atom. The van der Waals surface area contributed by atoms with Gasteiger partial charge in [0.15, 0.2) is 0 Å². The number of hydrogen-bond donors (Lipinski definition) is 2. The van der Waals surface area contributed by atoms with E-state index in [0.29, 0.717) is 5.92 Å². The van der Waals surface area contributed by atoms with E-state index < -0.39 is 0 Å². The third kappa shape index (κ3) is 2.03. The van der Waals surface area contributed by atoms with Crippen molar-refractivity contribution in [3.63, 3.8) is 0 Å². The zero-order valence-electron chi connectivity index (χ0n) is 7.32. The first-order chi connectivity index (χ1) is 5.65. The Kier molecular flexibility index (Phi) is 3.20. The highest BCUT2D eigenvalue weighted by Gasteiger charge is 2.10. The Hall–Kier alpha value is -0.450. The molecular formula is C8H14N2OS. The highest BCUT2D eigenvalue weighted by molar-refractivity contribution is 7.11. The normalized spacial score (nSPS) is 13.8. The summed E-state index contributed by atoms with van der Waals surface area (Å²) < 4.78 is 0. The lowest BCUT2D eigenvalue weighted by Crippen LogP contribution is -2.12. The first kappa shape index (κ1) is 9.64. The minimum Gasteiger partial charge on any atom is -0.394 e. The summed E-state index contributed by atoms with van der Waals surface area (Å²) in [7, 11) is 0. The molecule has 0 aliphatic carbocycles. The van der Waals surface area contributed by atoms with E-state index in [0.717, 1.165) is 9.88 Å². The van der Waals surface area contributed by atoms with Crippen LogP contribution in [0.25, 0.3) is 0 Å². The summed E-state index contributed by atoms with van der Waals surface area (Å²) in [4.78, 5) is 5.17. The molecule has 4 heteroatoms. The number of aliphatic hydroxyl groups excluding tert-OH is 1. The van der Waals surface area contributed by atoms with Gasteiger partial charge in [-0.25, -0.2) is 4.98 Å². The molecule has 0 aromatic carbocycles. The standard InChI is InChI=1S/C8H14N2OS/c1-5(2)8-10-3-7(12-8)6(9)4-11/h3,5-6,11H,4,9H2,1-2H3/t6-/m1/s1. The van der Waals surface area contributed by atoms with Gasteiger partial charge in [0.25, 0.3) is 0 Å². The Morgan fingerprint density at radius 1 is 1.67 bits per heavy atom. The molecule has 0 spiro atoms. The predicted molar refractivity (Wildman–Crippen MR) is 50.2 cm³/mol. The van der Waals surface area contributed by atoms with Crippen LogP contribution in [0.5, 0.6) is 0 Å². The summed E-state index contributed by atoms with van der Waals surface area (Å²) in [6.45, 7) is 4.17. The number of aromatic nitrogens is 1. The number of aliphatic hydroxyl groups is 1. The van der Waals surface area contributed by atoms with Gasteiger partial charge in [0.2, 0.25) is 0 Å². The van der Waals surface area contributed by atoms with Gasteiger partial charge in [-0.3, -0.25) is 0 Å². The van der Waals surface area contributed by atoms with Crippen LogP contribution in [-0.2, 0) is 0 Å². The second-order valence-electron chi connectivity index (χ2n) is 3.04. The van der Waals surface area contributed by atoms with Gasteiger partial charge in [0.1, 0.15) is 0 Å². The summed E-state index contributed by atoms with van der Waals surface area (Å²) in [5.74, 6) is 0.439. The van der Waals surface area contributed by atoms with Gasteiger partial charge in [0.05, 0.1) is 17.7 Å². The Labute approximate surface area is 76.3 Å². The highest BCUT2D eigenvalue weighted by Crippen LogP contribution is 2.24. The second-order valence-corrected chi connectivity index (χ2v) is 4.14. The van der Waals surface area contributed by atoms with Crippen LogP contribution in [-0.4, -0.2) is 16.7 Å². The lowest BCUT2D eigenvalue weighted by atomic mass is 10.2. The van der Waals surface area contributed by atoms with Crippen molar-refractivity contribution in [1.82, 2.24) is 4.98 Å². The van der Waals surface area contributed by atoms with E-state index in [1.54, 1.807) is 17.5 Å². The fraction of sp³-hybridized carbons (Fsp3) is 0.625. The average molecular weight is 186 g/mol. The van der Waals surface area contributed by atoms with Crippen molar-refractivity contribution in [2.45, 2.75) is 25.8 Å². The highest BCUT2D eigenvalue weighted by atomic mass is 32.1. The van der Waals surface area contributed by atoms with E-state index in [-0.39, 0.29) is 12.6 Å². The molecule has 1 aromatic rings. The van der Waals surface area contributed by atoms with E-state index in [1.165, 1.54) is 0 Å². The topological polar surface area (TPSA) is 59.1 Å². The van der Waals surface area contributed by atoms with E-state index in [2.05, 4.69) is 18.8 Å². The van der Waals surface area contributed by atoms with Gasteiger partial charge in [-0.1, -0.05) is 13.8 Å². The molecule has 0 fully saturated rings. The Bertz CT molecular complexity index is 247. The van der Waals surface area contributed by atoms with Crippen LogP contribution in [0.1, 0.15) is 35.7 Å². The maximum atomic E-state index is 8.79. The third-order valence-corrected chi connectivity index (χ3v) is 3.03. The van der Waals surface area contributed by atoms with Crippen molar-refractivity contribution in [2.75, 3.05) is 6.61 Å². The van der Waals surface area contributed by atoms with Gasteiger partial charge in [0, 0.05) is 17.0 Å². The van der Waals surface area contributed by atoms with Gasteiger partial charge in [-0.05, 0) is 0 Å². The molecule has 1 atom stereocenters. The van der Waals surface area contributed by atoms with Gasteiger partial charge < -0.3 is 10.8 Å². The number of rotatable bonds is 3. The zero-order valence-corrected chi connectivity index (χ0v) is 8.14. The van der Waals surface area contributed by atoms with Crippen LogP contribution in [0.2, 0.25) is 0 Å². The third-order valence-electron chi connectivity index (χ3n) is 1.60. The molecule has 68 valence electrons. The number of hydrogen-bond acceptors (Lipinski definition) is 4. The van der Waals surface area contributed by atoms with Crippen LogP contribution in [0.15, 0.2) is 6.20 Å². The molecule has 12 heavy (non-hydrogen) atoms. The fourth-order valence-electron chi connectivity index (χ4n) is 0.829. The molecular weight excluding hydrogens is 172 g/mol. The first-order valence-electron chi connectivity index (χ1n) is 3.97. The number of nitrogens with two attached hydrogens (primary N) is 1. The van der Waals surface area contributed by atoms with Gasteiger partial charge in [-0.2, -0.15) is 0 Å². The summed E-state index contributed by atoms with van der Waals surface area (Å²) in [6, 6.07) is -0.269. The van der Waals surface area contributed by atoms with Gasteiger partial charge >= 0.3 is 0 Å². The van der Waals surface area contributed by atoms with Crippen molar-refractivity contribution in [3.8, 4) is 0 Å². The van der Waals surface area contributed by atoms with E-state index in [4.69, 9.17) is 10.8 Å². The molecule has 1 aromatic heterocycles. The lowest BCUT2D eigenvalue weighted by molar-refractivity contribution is 0.269. The summed E-state index contributed by atoms with van der Waals surface area (Å²) >= 11 is 1.58. The number of nitrogens with zero attached hydrogens (tertiary/aromatic N) is 1. The van der Waals surface area contributed by atoms with Crippen LogP contribution in [0, 0.1) is 0 Å². The largest absolute Gasteiger partial charge is 0.394 e. The maximum absolute atomic E-state index is 8.79. The molecule has 0 saturated carbocycles.